The van der Waals surface area contributed by atoms with Crippen molar-refractivity contribution in [1.29, 1.82) is 0 Å². The molecule has 0 aliphatic carbocycles. The Morgan fingerprint density at radius 2 is 1.93 bits per heavy atom. The third-order valence-corrected chi connectivity index (χ3v) is 4.56. The lowest BCUT2D eigenvalue weighted by Gasteiger charge is -2.20. The van der Waals surface area contributed by atoms with E-state index in [4.69, 9.17) is 4.42 Å². The van der Waals surface area contributed by atoms with Crippen molar-refractivity contribution < 1.29 is 17.6 Å². The Hall–Kier alpha value is -1.10. The Labute approximate surface area is 88.2 Å². The predicted octanol–water partition coefficient (Wildman–Crippen LogP) is 1.38. The van der Waals surface area contributed by atoms with Gasteiger partial charge in [0.1, 0.15) is 16.1 Å². The second kappa shape index (κ2) is 3.81. The summed E-state index contributed by atoms with van der Waals surface area (Å²) < 4.78 is 27.4. The molecule has 0 radical (unpaired) electrons. The molecule has 0 saturated carbocycles. The van der Waals surface area contributed by atoms with Crippen molar-refractivity contribution in [1.82, 2.24) is 0 Å². The number of aldehydes is 1. The molecule has 0 unspecified atom stereocenters. The van der Waals surface area contributed by atoms with Gasteiger partial charge in [-0.25, -0.2) is 8.42 Å². The summed E-state index contributed by atoms with van der Waals surface area (Å²) in [5, 5.41) is 0. The van der Waals surface area contributed by atoms with Crippen LogP contribution in [0.4, 0.5) is 0 Å². The van der Waals surface area contributed by atoms with Crippen molar-refractivity contribution >= 4 is 16.1 Å². The molecule has 0 atom stereocenters. The van der Waals surface area contributed by atoms with Gasteiger partial charge in [0.2, 0.25) is 0 Å². The van der Waals surface area contributed by atoms with E-state index < -0.39 is 9.84 Å². The molecule has 0 aromatic carbocycles. The van der Waals surface area contributed by atoms with Gasteiger partial charge in [0, 0.05) is 5.56 Å². The van der Waals surface area contributed by atoms with E-state index in [0.717, 1.165) is 11.8 Å². The van der Waals surface area contributed by atoms with E-state index in [1.807, 2.05) is 0 Å². The lowest BCUT2D eigenvalue weighted by Crippen LogP contribution is -2.22. The fourth-order valence-corrected chi connectivity index (χ4v) is 3.44. The Bertz CT molecular complexity index is 444. The molecule has 15 heavy (non-hydrogen) atoms. The fourth-order valence-electron chi connectivity index (χ4n) is 1.95. The van der Waals surface area contributed by atoms with E-state index in [1.165, 1.54) is 6.26 Å². The van der Waals surface area contributed by atoms with E-state index in [9.17, 15) is 13.2 Å². The minimum absolute atomic E-state index is 0.146. The van der Waals surface area contributed by atoms with Crippen LogP contribution in [0.3, 0.4) is 0 Å². The highest BCUT2D eigenvalue weighted by Crippen LogP contribution is 2.31. The van der Waals surface area contributed by atoms with Gasteiger partial charge in [-0.1, -0.05) is 0 Å². The third kappa shape index (κ3) is 2.12. The quantitative estimate of drug-likeness (QED) is 0.717. The lowest BCUT2D eigenvalue weighted by atomic mass is 9.93. The predicted molar refractivity (Wildman–Crippen MR) is 54.7 cm³/mol. The topological polar surface area (TPSA) is 64.3 Å². The Kier molecular flexibility index (Phi) is 2.65. The number of carbonyl (C=O) groups is 1. The number of rotatable bonds is 2. The zero-order chi connectivity index (χ0) is 10.9. The van der Waals surface area contributed by atoms with Crippen LogP contribution in [0.25, 0.3) is 0 Å². The monoisotopic (exact) mass is 228 g/mol. The van der Waals surface area contributed by atoms with Crippen LogP contribution >= 0.6 is 0 Å². The molecule has 1 fully saturated rings. The van der Waals surface area contributed by atoms with Crippen LogP contribution in [0, 0.1) is 0 Å². The highest BCUT2D eigenvalue weighted by atomic mass is 32.2. The van der Waals surface area contributed by atoms with Gasteiger partial charge >= 0.3 is 0 Å². The van der Waals surface area contributed by atoms with E-state index >= 15 is 0 Å². The Balaban J connectivity index is 2.17. The summed E-state index contributed by atoms with van der Waals surface area (Å²) in [6, 6.07) is 0. The van der Waals surface area contributed by atoms with Crippen molar-refractivity contribution in [3.63, 3.8) is 0 Å². The van der Waals surface area contributed by atoms with Crippen LogP contribution in [0.15, 0.2) is 16.9 Å². The summed E-state index contributed by atoms with van der Waals surface area (Å²) in [5.74, 6) is 0.565. The van der Waals surface area contributed by atoms with Gasteiger partial charge in [0.25, 0.3) is 0 Å². The summed E-state index contributed by atoms with van der Waals surface area (Å²) in [6.45, 7) is 0. The molecular weight excluding hydrogens is 216 g/mol. The minimum atomic E-state index is -2.85. The summed E-state index contributed by atoms with van der Waals surface area (Å²) in [6.07, 6.45) is 4.88. The van der Waals surface area contributed by atoms with Crippen LogP contribution < -0.4 is 0 Å². The first-order valence-corrected chi connectivity index (χ1v) is 6.66. The van der Waals surface area contributed by atoms with Crippen molar-refractivity contribution in [3.8, 4) is 0 Å². The molecule has 82 valence electrons. The largest absolute Gasteiger partial charge is 0.472 e. The molecule has 0 spiro atoms. The van der Waals surface area contributed by atoms with Gasteiger partial charge < -0.3 is 4.42 Å². The van der Waals surface area contributed by atoms with Crippen molar-refractivity contribution in [2.24, 2.45) is 0 Å². The van der Waals surface area contributed by atoms with Crippen molar-refractivity contribution in [3.05, 3.63) is 23.7 Å². The van der Waals surface area contributed by atoms with Crippen LogP contribution in [0.2, 0.25) is 0 Å². The molecule has 0 N–H and O–H groups in total. The Morgan fingerprint density at radius 3 is 2.53 bits per heavy atom. The zero-order valence-corrected chi connectivity index (χ0v) is 9.00. The molecule has 1 aromatic heterocycles. The highest BCUT2D eigenvalue weighted by molar-refractivity contribution is 7.91. The molecule has 1 aliphatic rings. The van der Waals surface area contributed by atoms with E-state index in [-0.39, 0.29) is 17.4 Å². The first kappa shape index (κ1) is 10.4. The van der Waals surface area contributed by atoms with E-state index in [2.05, 4.69) is 0 Å². The average Bonchev–Trinajstić information content (AvgIpc) is 2.65. The lowest BCUT2D eigenvalue weighted by molar-refractivity contribution is 0.112. The molecule has 2 heterocycles. The second-order valence-electron chi connectivity index (χ2n) is 3.83. The van der Waals surface area contributed by atoms with Gasteiger partial charge in [-0.2, -0.15) is 0 Å². The Morgan fingerprint density at radius 1 is 1.27 bits per heavy atom. The molecule has 0 bridgehead atoms. The van der Waals surface area contributed by atoms with Crippen molar-refractivity contribution in [2.75, 3.05) is 11.5 Å². The molecule has 5 heteroatoms. The van der Waals surface area contributed by atoms with Gasteiger partial charge in [-0.3, -0.25) is 4.79 Å². The molecule has 4 nitrogen and oxygen atoms in total. The number of carbonyl (C=O) groups excluding carboxylic acids is 1. The summed E-state index contributed by atoms with van der Waals surface area (Å²) in [4.78, 5) is 10.7. The maximum absolute atomic E-state index is 11.2. The normalized spacial score (nSPS) is 21.3. The van der Waals surface area contributed by atoms with Crippen LogP contribution in [0.1, 0.15) is 34.7 Å². The maximum Gasteiger partial charge on any atom is 0.153 e. The molecule has 2 rings (SSSR count). The summed E-state index contributed by atoms with van der Waals surface area (Å²) >= 11 is 0. The van der Waals surface area contributed by atoms with Gasteiger partial charge in [0.15, 0.2) is 6.29 Å². The maximum atomic E-state index is 11.2. The molecule has 1 saturated heterocycles. The first-order chi connectivity index (χ1) is 7.12. The second-order valence-corrected chi connectivity index (χ2v) is 6.13. The SMILES string of the molecule is O=Cc1cocc1C1CCS(=O)(=O)CC1. The van der Waals surface area contributed by atoms with Gasteiger partial charge in [-0.05, 0) is 18.8 Å². The van der Waals surface area contributed by atoms with Crippen LogP contribution in [-0.2, 0) is 9.84 Å². The number of furan rings is 1. The smallest absolute Gasteiger partial charge is 0.153 e. The fraction of sp³-hybridized carbons (Fsp3) is 0.500. The van der Waals surface area contributed by atoms with Gasteiger partial charge in [0.05, 0.1) is 23.3 Å². The number of hydrogen-bond acceptors (Lipinski definition) is 4. The van der Waals surface area contributed by atoms with Crippen LogP contribution in [0.5, 0.6) is 0 Å². The average molecular weight is 228 g/mol. The van der Waals surface area contributed by atoms with Crippen LogP contribution in [-0.4, -0.2) is 26.2 Å². The standard InChI is InChI=1S/C10H12O4S/c11-5-9-6-14-7-10(9)8-1-3-15(12,13)4-2-8/h5-8H,1-4H2. The first-order valence-electron chi connectivity index (χ1n) is 4.84. The highest BCUT2D eigenvalue weighted by Gasteiger charge is 2.26. The third-order valence-electron chi connectivity index (χ3n) is 2.84. The number of hydrogen-bond donors (Lipinski definition) is 0. The molecular formula is C10H12O4S. The van der Waals surface area contributed by atoms with Crippen molar-refractivity contribution in [2.45, 2.75) is 18.8 Å². The molecule has 1 aromatic rings. The van der Waals surface area contributed by atoms with Gasteiger partial charge in [-0.15, -0.1) is 0 Å². The van der Waals surface area contributed by atoms with E-state index in [0.29, 0.717) is 18.4 Å². The minimum Gasteiger partial charge on any atom is -0.472 e. The zero-order valence-electron chi connectivity index (χ0n) is 8.18. The summed E-state index contributed by atoms with van der Waals surface area (Å²) in [5.41, 5.74) is 1.39. The summed E-state index contributed by atoms with van der Waals surface area (Å²) in [7, 11) is -2.85. The molecule has 1 aliphatic heterocycles. The number of sulfone groups is 1. The van der Waals surface area contributed by atoms with E-state index in [1.54, 1.807) is 6.26 Å². The molecule has 0 amide bonds.